The van der Waals surface area contributed by atoms with Crippen LogP contribution in [0.25, 0.3) is 16.9 Å². The Labute approximate surface area is 220 Å². The van der Waals surface area contributed by atoms with Crippen LogP contribution in [0.5, 0.6) is 17.2 Å². The number of carboxylic acid groups (broad SMARTS) is 1. The van der Waals surface area contributed by atoms with Gasteiger partial charge in [0.1, 0.15) is 11.6 Å². The van der Waals surface area contributed by atoms with Gasteiger partial charge in [-0.1, -0.05) is 44.9 Å². The third-order valence-electron chi connectivity index (χ3n) is 6.17. The highest BCUT2D eigenvalue weighted by Gasteiger charge is 2.20. The molecule has 0 fully saturated rings. The number of aryl methyl sites for hydroxylation is 2. The molecule has 0 aliphatic rings. The van der Waals surface area contributed by atoms with Crippen molar-refractivity contribution in [3.05, 3.63) is 59.7 Å². The zero-order valence-corrected chi connectivity index (χ0v) is 22.1. The minimum absolute atomic E-state index is 0.0279. The molecule has 0 radical (unpaired) electrons. The summed E-state index contributed by atoms with van der Waals surface area (Å²) < 4.78 is 27.5. The summed E-state index contributed by atoms with van der Waals surface area (Å²) >= 11 is 0. The maximum Gasteiger partial charge on any atom is 0.511 e. The molecule has 4 rings (SSSR count). The fourth-order valence-electron chi connectivity index (χ4n) is 4.18. The second-order valence-electron chi connectivity index (χ2n) is 9.15. The first-order valence-electron chi connectivity index (χ1n) is 12.8. The van der Waals surface area contributed by atoms with Crippen LogP contribution in [0.15, 0.2) is 42.7 Å². The smallest absolute Gasteiger partial charge is 0.454 e. The standard InChI is InChI=1S/C28H32FN5O4/c1-5-7-12-33(13-8-6-2)26-21-14-24(38-25-18(3)10-9-11-19(25)4)22(29)15-23(21)31-27(32-26)34-17-20(16-30-34)37-28(35)36/h9-11,14-17H,5-8,12-13H2,1-4H3,(H,35,36). The molecule has 38 heavy (non-hydrogen) atoms. The first kappa shape index (κ1) is 26.8. The summed E-state index contributed by atoms with van der Waals surface area (Å²) in [5.74, 6) is 0.985. The molecule has 0 unspecified atom stereocenters. The van der Waals surface area contributed by atoms with Gasteiger partial charge in [0.05, 0.1) is 17.9 Å². The number of para-hydroxylation sites is 1. The number of carbonyl (C=O) groups is 1. The molecule has 2 aromatic heterocycles. The Hall–Kier alpha value is -4.21. The molecule has 0 aliphatic carbocycles. The summed E-state index contributed by atoms with van der Waals surface area (Å²) in [7, 11) is 0. The minimum Gasteiger partial charge on any atom is -0.454 e. The number of aromatic nitrogens is 4. The van der Waals surface area contributed by atoms with Crippen LogP contribution in [0, 0.1) is 19.7 Å². The number of unbranched alkanes of at least 4 members (excludes halogenated alkanes) is 2. The molecule has 200 valence electrons. The van der Waals surface area contributed by atoms with Gasteiger partial charge in [-0.15, -0.1) is 0 Å². The van der Waals surface area contributed by atoms with Gasteiger partial charge in [0, 0.05) is 24.5 Å². The van der Waals surface area contributed by atoms with E-state index in [-0.39, 0.29) is 17.4 Å². The van der Waals surface area contributed by atoms with Crippen molar-refractivity contribution in [3.8, 4) is 23.2 Å². The van der Waals surface area contributed by atoms with Gasteiger partial charge >= 0.3 is 6.16 Å². The number of ether oxygens (including phenoxy) is 2. The van der Waals surface area contributed by atoms with E-state index in [9.17, 15) is 4.79 Å². The summed E-state index contributed by atoms with van der Waals surface area (Å²) in [4.78, 5) is 22.5. The minimum atomic E-state index is -1.45. The Bertz CT molecular complexity index is 1410. The second-order valence-corrected chi connectivity index (χ2v) is 9.15. The third kappa shape index (κ3) is 6.01. The lowest BCUT2D eigenvalue weighted by Crippen LogP contribution is -2.27. The van der Waals surface area contributed by atoms with Crippen molar-refractivity contribution >= 4 is 22.9 Å². The maximum atomic E-state index is 15.4. The molecular weight excluding hydrogens is 489 g/mol. The molecule has 4 aromatic rings. The number of hydrogen-bond donors (Lipinski definition) is 1. The molecule has 0 amide bonds. The van der Waals surface area contributed by atoms with Gasteiger partial charge in [-0.3, -0.25) is 0 Å². The van der Waals surface area contributed by atoms with Gasteiger partial charge in [-0.25, -0.2) is 18.9 Å². The monoisotopic (exact) mass is 521 g/mol. The van der Waals surface area contributed by atoms with Crippen LogP contribution in [0.2, 0.25) is 0 Å². The van der Waals surface area contributed by atoms with E-state index < -0.39 is 12.0 Å². The molecule has 2 heterocycles. The van der Waals surface area contributed by atoms with Crippen LogP contribution < -0.4 is 14.4 Å². The Morgan fingerprint density at radius 2 is 1.76 bits per heavy atom. The lowest BCUT2D eigenvalue weighted by molar-refractivity contribution is 0.144. The SMILES string of the molecule is CCCCN(CCCC)c1nc(-n2cc(OC(=O)O)cn2)nc2cc(F)c(Oc3c(C)cccc3C)cc12. The highest BCUT2D eigenvalue weighted by atomic mass is 19.1. The lowest BCUT2D eigenvalue weighted by atomic mass is 10.1. The number of benzene rings is 2. The molecule has 0 atom stereocenters. The molecule has 0 aliphatic heterocycles. The molecule has 0 bridgehead atoms. The Morgan fingerprint density at radius 1 is 1.08 bits per heavy atom. The van der Waals surface area contributed by atoms with E-state index in [4.69, 9.17) is 14.8 Å². The third-order valence-corrected chi connectivity index (χ3v) is 6.17. The Balaban J connectivity index is 1.87. The molecule has 0 saturated heterocycles. The second kappa shape index (κ2) is 11.9. The normalized spacial score (nSPS) is 11.1. The first-order chi connectivity index (χ1) is 18.3. The summed E-state index contributed by atoms with van der Waals surface area (Å²) in [6.07, 6.45) is 5.09. The molecule has 0 saturated carbocycles. The van der Waals surface area contributed by atoms with Crippen molar-refractivity contribution < 1.29 is 23.8 Å². The quantitative estimate of drug-likeness (QED) is 0.214. The van der Waals surface area contributed by atoms with Crippen molar-refractivity contribution in [2.45, 2.75) is 53.4 Å². The lowest BCUT2D eigenvalue weighted by Gasteiger charge is -2.25. The first-order valence-corrected chi connectivity index (χ1v) is 12.8. The van der Waals surface area contributed by atoms with Gasteiger partial charge in [-0.2, -0.15) is 10.1 Å². The van der Waals surface area contributed by atoms with Crippen LogP contribution in [0.4, 0.5) is 15.0 Å². The predicted octanol–water partition coefficient (Wildman–Crippen LogP) is 6.83. The summed E-state index contributed by atoms with van der Waals surface area (Å²) in [6.45, 7) is 9.62. The molecule has 9 nitrogen and oxygen atoms in total. The number of fused-ring (bicyclic) bond motifs is 1. The molecule has 10 heteroatoms. The van der Waals surface area contributed by atoms with Crippen LogP contribution in [0.3, 0.4) is 0 Å². The Morgan fingerprint density at radius 3 is 2.39 bits per heavy atom. The fourth-order valence-corrected chi connectivity index (χ4v) is 4.18. The zero-order chi connectivity index (χ0) is 27.2. The highest BCUT2D eigenvalue weighted by molar-refractivity contribution is 5.91. The van der Waals surface area contributed by atoms with E-state index in [1.54, 1.807) is 6.07 Å². The van der Waals surface area contributed by atoms with Crippen molar-refractivity contribution in [3.63, 3.8) is 0 Å². The maximum absolute atomic E-state index is 15.4. The van der Waals surface area contributed by atoms with E-state index in [1.807, 2.05) is 32.0 Å². The van der Waals surface area contributed by atoms with E-state index in [0.29, 0.717) is 22.5 Å². The average molecular weight is 522 g/mol. The largest absolute Gasteiger partial charge is 0.511 e. The number of rotatable bonds is 11. The summed E-state index contributed by atoms with van der Waals surface area (Å²) in [6, 6.07) is 8.77. The van der Waals surface area contributed by atoms with Crippen LogP contribution in [-0.2, 0) is 0 Å². The number of nitrogens with zero attached hydrogens (tertiary/aromatic N) is 5. The van der Waals surface area contributed by atoms with Gasteiger partial charge in [0.25, 0.3) is 5.95 Å². The van der Waals surface area contributed by atoms with Crippen molar-refractivity contribution in [1.82, 2.24) is 19.7 Å². The van der Waals surface area contributed by atoms with Crippen LogP contribution in [-0.4, -0.2) is 44.1 Å². The number of halogens is 1. The van der Waals surface area contributed by atoms with Gasteiger partial charge < -0.3 is 19.5 Å². The van der Waals surface area contributed by atoms with Crippen LogP contribution >= 0.6 is 0 Å². The van der Waals surface area contributed by atoms with Gasteiger partial charge in [0.2, 0.25) is 0 Å². The molecule has 2 aromatic carbocycles. The van der Waals surface area contributed by atoms with E-state index in [1.165, 1.54) is 23.1 Å². The molecule has 0 spiro atoms. The molecular formula is C28H32FN5O4. The van der Waals surface area contributed by atoms with Gasteiger partial charge in [-0.05, 0) is 43.9 Å². The summed E-state index contributed by atoms with van der Waals surface area (Å²) in [5, 5.41) is 13.7. The number of anilines is 1. The van der Waals surface area contributed by atoms with Crippen molar-refractivity contribution in [2.75, 3.05) is 18.0 Å². The van der Waals surface area contributed by atoms with E-state index in [0.717, 1.165) is 49.9 Å². The Kier molecular flexibility index (Phi) is 8.40. The zero-order valence-electron chi connectivity index (χ0n) is 22.1. The predicted molar refractivity (Wildman–Crippen MR) is 143 cm³/mol. The van der Waals surface area contributed by atoms with Crippen molar-refractivity contribution in [2.24, 2.45) is 0 Å². The van der Waals surface area contributed by atoms with E-state index in [2.05, 4.69) is 33.6 Å². The van der Waals surface area contributed by atoms with Gasteiger partial charge in [0.15, 0.2) is 17.3 Å². The average Bonchev–Trinajstić information content (AvgIpc) is 3.34. The van der Waals surface area contributed by atoms with Crippen LogP contribution in [0.1, 0.15) is 50.7 Å². The fraction of sp³-hybridized carbons (Fsp3) is 0.357. The number of hydrogen-bond acceptors (Lipinski definition) is 7. The molecule has 1 N–H and O–H groups in total. The summed E-state index contributed by atoms with van der Waals surface area (Å²) in [5.41, 5.74) is 2.19. The highest BCUT2D eigenvalue weighted by Crippen LogP contribution is 2.35. The van der Waals surface area contributed by atoms with E-state index >= 15 is 4.39 Å². The van der Waals surface area contributed by atoms with Crippen molar-refractivity contribution in [1.29, 1.82) is 0 Å². The topological polar surface area (TPSA) is 103 Å².